The molecule has 200 valence electrons. The highest BCUT2D eigenvalue weighted by atomic mass is 16.4. The summed E-state index contributed by atoms with van der Waals surface area (Å²) in [5, 5.41) is 35.2. The SMILES string of the molecule is CC(O)C(N)C(=O)NC(CC(=O)O)C(=O)NC(Cc1ccccc1)C(=O)NC(CCCCN)C(=O)O. The molecule has 0 aliphatic carbocycles. The van der Waals surface area contributed by atoms with Crippen LogP contribution in [0.5, 0.6) is 0 Å². The summed E-state index contributed by atoms with van der Waals surface area (Å²) in [6.07, 6.45) is -0.967. The van der Waals surface area contributed by atoms with Crippen LogP contribution in [0, 0.1) is 0 Å². The molecule has 0 heterocycles. The van der Waals surface area contributed by atoms with Crippen molar-refractivity contribution in [2.75, 3.05) is 6.54 Å². The Bertz CT molecular complexity index is 896. The van der Waals surface area contributed by atoms with Crippen molar-refractivity contribution in [1.29, 1.82) is 0 Å². The third-order valence-corrected chi connectivity index (χ3v) is 5.31. The van der Waals surface area contributed by atoms with E-state index < -0.39 is 66.4 Å². The molecule has 13 nitrogen and oxygen atoms in total. The van der Waals surface area contributed by atoms with E-state index in [9.17, 15) is 39.3 Å². The number of carbonyl (C=O) groups is 5. The number of hydrogen-bond donors (Lipinski definition) is 8. The summed E-state index contributed by atoms with van der Waals surface area (Å²) in [5.41, 5.74) is 11.6. The molecule has 1 aromatic rings. The maximum absolute atomic E-state index is 13.0. The lowest BCUT2D eigenvalue weighted by atomic mass is 10.0. The summed E-state index contributed by atoms with van der Waals surface area (Å²) >= 11 is 0. The van der Waals surface area contributed by atoms with E-state index in [0.29, 0.717) is 24.9 Å². The molecule has 3 amide bonds. The van der Waals surface area contributed by atoms with Gasteiger partial charge in [-0.1, -0.05) is 30.3 Å². The number of nitrogens with one attached hydrogen (secondary N) is 3. The van der Waals surface area contributed by atoms with Crippen LogP contribution in [-0.4, -0.2) is 81.8 Å². The summed E-state index contributed by atoms with van der Waals surface area (Å²) in [7, 11) is 0. The van der Waals surface area contributed by atoms with Gasteiger partial charge < -0.3 is 42.7 Å². The molecule has 1 rings (SSSR count). The predicted molar refractivity (Wildman–Crippen MR) is 128 cm³/mol. The van der Waals surface area contributed by atoms with E-state index in [1.807, 2.05) is 0 Å². The number of hydrogen-bond acceptors (Lipinski definition) is 8. The standard InChI is InChI=1S/C23H35N5O8/c1-13(29)19(25)22(34)28-17(12-18(30)31)21(33)27-16(11-14-7-3-2-4-8-14)20(32)26-15(23(35)36)9-5-6-10-24/h2-4,7-8,13,15-17,19,29H,5-6,9-12,24-25H2,1H3,(H,26,32)(H,27,33)(H,28,34)(H,30,31)(H,35,36). The van der Waals surface area contributed by atoms with Crippen LogP contribution in [0.15, 0.2) is 30.3 Å². The van der Waals surface area contributed by atoms with Gasteiger partial charge in [0, 0.05) is 6.42 Å². The van der Waals surface area contributed by atoms with E-state index in [0.717, 1.165) is 0 Å². The number of unbranched alkanes of at least 4 members (excludes halogenated alkanes) is 1. The van der Waals surface area contributed by atoms with E-state index in [1.54, 1.807) is 30.3 Å². The highest BCUT2D eigenvalue weighted by Crippen LogP contribution is 2.07. The van der Waals surface area contributed by atoms with E-state index in [4.69, 9.17) is 11.5 Å². The van der Waals surface area contributed by atoms with Gasteiger partial charge in [0.1, 0.15) is 24.2 Å². The Morgan fingerprint density at radius 3 is 1.94 bits per heavy atom. The Balaban J connectivity index is 3.11. The number of amides is 3. The quantitative estimate of drug-likeness (QED) is 0.115. The normalized spacial score (nSPS) is 15.0. The minimum atomic E-state index is -1.61. The van der Waals surface area contributed by atoms with Crippen LogP contribution in [0.2, 0.25) is 0 Å². The Hall–Kier alpha value is -3.55. The number of rotatable bonds is 16. The third kappa shape index (κ3) is 10.8. The number of aliphatic hydroxyl groups is 1. The Labute approximate surface area is 208 Å². The Morgan fingerprint density at radius 2 is 1.42 bits per heavy atom. The molecule has 1 aromatic carbocycles. The monoisotopic (exact) mass is 509 g/mol. The van der Waals surface area contributed by atoms with Gasteiger partial charge in [0.15, 0.2) is 0 Å². The third-order valence-electron chi connectivity index (χ3n) is 5.31. The molecule has 13 heteroatoms. The number of carbonyl (C=O) groups excluding carboxylic acids is 3. The van der Waals surface area contributed by atoms with Gasteiger partial charge in [0.05, 0.1) is 12.5 Å². The van der Waals surface area contributed by atoms with Gasteiger partial charge in [-0.2, -0.15) is 0 Å². The zero-order valence-corrected chi connectivity index (χ0v) is 20.1. The van der Waals surface area contributed by atoms with Crippen molar-refractivity contribution in [2.24, 2.45) is 11.5 Å². The highest BCUT2D eigenvalue weighted by molar-refractivity contribution is 5.95. The molecule has 0 bridgehead atoms. The lowest BCUT2D eigenvalue weighted by molar-refractivity contribution is -0.143. The summed E-state index contributed by atoms with van der Waals surface area (Å²) in [4.78, 5) is 61.1. The fourth-order valence-corrected chi connectivity index (χ4v) is 3.22. The van der Waals surface area contributed by atoms with Gasteiger partial charge >= 0.3 is 11.9 Å². The van der Waals surface area contributed by atoms with Crippen molar-refractivity contribution in [2.45, 2.75) is 69.3 Å². The molecule has 5 unspecified atom stereocenters. The Kier molecular flexibility index (Phi) is 13.1. The van der Waals surface area contributed by atoms with E-state index in [-0.39, 0.29) is 12.8 Å². The van der Waals surface area contributed by atoms with Crippen molar-refractivity contribution < 1.29 is 39.3 Å². The fourth-order valence-electron chi connectivity index (χ4n) is 3.22. The summed E-state index contributed by atoms with van der Waals surface area (Å²) in [5.74, 6) is -5.41. The van der Waals surface area contributed by atoms with E-state index in [2.05, 4.69) is 16.0 Å². The Morgan fingerprint density at radius 1 is 0.861 bits per heavy atom. The minimum Gasteiger partial charge on any atom is -0.481 e. The van der Waals surface area contributed by atoms with Crippen LogP contribution in [0.1, 0.15) is 38.2 Å². The summed E-state index contributed by atoms with van der Waals surface area (Å²) in [6.45, 7) is 1.62. The minimum absolute atomic E-state index is 0.0333. The average Bonchev–Trinajstić information content (AvgIpc) is 2.82. The molecular weight excluding hydrogens is 474 g/mol. The first-order chi connectivity index (χ1) is 17.0. The molecule has 10 N–H and O–H groups in total. The van der Waals surface area contributed by atoms with Gasteiger partial charge in [0.2, 0.25) is 17.7 Å². The maximum Gasteiger partial charge on any atom is 0.326 e. The van der Waals surface area contributed by atoms with Gasteiger partial charge in [-0.3, -0.25) is 19.2 Å². The van der Waals surface area contributed by atoms with Crippen molar-refractivity contribution in [3.63, 3.8) is 0 Å². The zero-order valence-electron chi connectivity index (χ0n) is 20.1. The number of carboxylic acids is 2. The van der Waals surface area contributed by atoms with Crippen LogP contribution in [0.3, 0.4) is 0 Å². The molecule has 0 spiro atoms. The number of nitrogens with two attached hydrogens (primary N) is 2. The second kappa shape index (κ2) is 15.4. The first kappa shape index (κ1) is 30.5. The average molecular weight is 510 g/mol. The molecule has 0 aromatic heterocycles. The first-order valence-electron chi connectivity index (χ1n) is 11.5. The van der Waals surface area contributed by atoms with Gasteiger partial charge in [-0.05, 0) is 38.3 Å². The largest absolute Gasteiger partial charge is 0.481 e. The smallest absolute Gasteiger partial charge is 0.326 e. The van der Waals surface area contributed by atoms with Crippen LogP contribution in [0.25, 0.3) is 0 Å². The molecule has 5 atom stereocenters. The topological polar surface area (TPSA) is 234 Å². The number of aliphatic hydroxyl groups excluding tert-OH is 1. The highest BCUT2D eigenvalue weighted by Gasteiger charge is 2.32. The fraction of sp³-hybridized carbons (Fsp3) is 0.522. The van der Waals surface area contributed by atoms with Crippen LogP contribution in [0.4, 0.5) is 0 Å². The second-order valence-electron chi connectivity index (χ2n) is 8.36. The molecule has 0 fully saturated rings. The van der Waals surface area contributed by atoms with Gasteiger partial charge in [-0.25, -0.2) is 4.79 Å². The number of aliphatic carboxylic acids is 2. The molecule has 0 radical (unpaired) electrons. The van der Waals surface area contributed by atoms with Crippen molar-refractivity contribution in [1.82, 2.24) is 16.0 Å². The predicted octanol–water partition coefficient (Wildman–Crippen LogP) is -1.92. The lowest BCUT2D eigenvalue weighted by Gasteiger charge is -2.25. The van der Waals surface area contributed by atoms with Gasteiger partial charge in [0.25, 0.3) is 0 Å². The van der Waals surface area contributed by atoms with E-state index in [1.165, 1.54) is 6.92 Å². The summed E-state index contributed by atoms with van der Waals surface area (Å²) in [6, 6.07) is 3.04. The molecule has 0 aliphatic rings. The molecule has 0 saturated carbocycles. The number of carboxylic acid groups (broad SMARTS) is 2. The van der Waals surface area contributed by atoms with Crippen LogP contribution in [-0.2, 0) is 30.4 Å². The summed E-state index contributed by atoms with van der Waals surface area (Å²) < 4.78 is 0. The van der Waals surface area contributed by atoms with Gasteiger partial charge in [-0.15, -0.1) is 0 Å². The molecule has 0 saturated heterocycles. The van der Waals surface area contributed by atoms with Crippen molar-refractivity contribution in [3.8, 4) is 0 Å². The van der Waals surface area contributed by atoms with Crippen LogP contribution >= 0.6 is 0 Å². The van der Waals surface area contributed by atoms with E-state index >= 15 is 0 Å². The lowest BCUT2D eigenvalue weighted by Crippen LogP contribution is -2.58. The molecule has 0 aliphatic heterocycles. The first-order valence-corrected chi connectivity index (χ1v) is 11.5. The molecular formula is C23H35N5O8. The van der Waals surface area contributed by atoms with Crippen molar-refractivity contribution in [3.05, 3.63) is 35.9 Å². The number of benzene rings is 1. The van der Waals surface area contributed by atoms with Crippen molar-refractivity contribution >= 4 is 29.7 Å². The second-order valence-corrected chi connectivity index (χ2v) is 8.36. The van der Waals surface area contributed by atoms with Crippen LogP contribution < -0.4 is 27.4 Å². The zero-order chi connectivity index (χ0) is 27.3. The molecule has 36 heavy (non-hydrogen) atoms. The maximum atomic E-state index is 13.0.